The third-order valence-electron chi connectivity index (χ3n) is 4.09. The van der Waals surface area contributed by atoms with E-state index in [9.17, 15) is 4.79 Å². The van der Waals surface area contributed by atoms with Gasteiger partial charge >= 0.3 is 0 Å². The molecule has 0 atom stereocenters. The summed E-state index contributed by atoms with van der Waals surface area (Å²) in [6, 6.07) is 15.7. The van der Waals surface area contributed by atoms with Crippen molar-refractivity contribution >= 4 is 34.1 Å². The second-order valence-electron chi connectivity index (χ2n) is 6.17. The number of aromatic nitrogens is 1. The number of ether oxygens (including phenoxy) is 2. The number of nitrogens with one attached hydrogen (secondary N) is 1. The van der Waals surface area contributed by atoms with Gasteiger partial charge < -0.3 is 14.8 Å². The third kappa shape index (κ3) is 6.51. The summed E-state index contributed by atoms with van der Waals surface area (Å²) < 4.78 is 10.6. The van der Waals surface area contributed by atoms with Gasteiger partial charge in [-0.05, 0) is 67.6 Å². The van der Waals surface area contributed by atoms with Gasteiger partial charge in [-0.25, -0.2) is 4.98 Å². The Labute approximate surface area is 179 Å². The molecule has 0 aliphatic rings. The summed E-state index contributed by atoms with van der Waals surface area (Å²) >= 11 is 3.17. The Kier molecular flexibility index (Phi) is 7.95. The molecule has 7 heteroatoms. The molecule has 0 saturated carbocycles. The second kappa shape index (κ2) is 10.9. The van der Waals surface area contributed by atoms with Gasteiger partial charge in [0.1, 0.15) is 11.5 Å². The Morgan fingerprint density at radius 2 is 1.83 bits per heavy atom. The van der Waals surface area contributed by atoms with Crippen molar-refractivity contribution in [3.05, 3.63) is 53.9 Å². The summed E-state index contributed by atoms with van der Waals surface area (Å²) in [5, 5.41) is 5.47. The molecule has 0 aliphatic carbocycles. The molecule has 1 aromatic heterocycles. The van der Waals surface area contributed by atoms with Gasteiger partial charge in [0.15, 0.2) is 5.13 Å². The number of rotatable bonds is 10. The molecule has 0 spiro atoms. The van der Waals surface area contributed by atoms with Crippen LogP contribution in [0.2, 0.25) is 0 Å². The molecule has 0 bridgehead atoms. The first-order valence-electron chi connectivity index (χ1n) is 9.43. The van der Waals surface area contributed by atoms with Crippen molar-refractivity contribution in [1.82, 2.24) is 4.98 Å². The van der Waals surface area contributed by atoms with Crippen LogP contribution in [-0.2, 0) is 4.79 Å². The minimum atomic E-state index is -0.00655. The third-order valence-corrected chi connectivity index (χ3v) is 5.94. The van der Waals surface area contributed by atoms with Crippen molar-refractivity contribution in [1.29, 1.82) is 0 Å². The highest BCUT2D eigenvalue weighted by Crippen LogP contribution is 2.27. The smallest absolute Gasteiger partial charge is 0.226 e. The van der Waals surface area contributed by atoms with E-state index in [4.69, 9.17) is 9.47 Å². The largest absolute Gasteiger partial charge is 0.497 e. The number of thiazole rings is 1. The number of carbonyl (C=O) groups is 1. The van der Waals surface area contributed by atoms with Gasteiger partial charge in [-0.1, -0.05) is 0 Å². The standard InChI is InChI=1S/C22H24N2O3S2/c1-3-27-18-8-6-16(7-9-18)20-15-29-22(23-20)24-21(25)5-4-14-28-19-12-10-17(26-2)11-13-19/h6-13,15H,3-5,14H2,1-2H3,(H,23,24,25). The predicted octanol–water partition coefficient (Wildman–Crippen LogP) is 5.73. The Bertz CT molecular complexity index is 909. The Morgan fingerprint density at radius 3 is 2.52 bits per heavy atom. The van der Waals surface area contributed by atoms with E-state index < -0.39 is 0 Å². The summed E-state index contributed by atoms with van der Waals surface area (Å²) in [6.07, 6.45) is 1.28. The highest BCUT2D eigenvalue weighted by Gasteiger charge is 2.08. The molecule has 1 amide bonds. The maximum absolute atomic E-state index is 12.2. The number of anilines is 1. The molecular weight excluding hydrogens is 404 g/mol. The van der Waals surface area contributed by atoms with Crippen LogP contribution in [0.3, 0.4) is 0 Å². The van der Waals surface area contributed by atoms with E-state index in [1.165, 1.54) is 16.2 Å². The Morgan fingerprint density at radius 1 is 1.10 bits per heavy atom. The molecule has 1 N–H and O–H groups in total. The number of amides is 1. The van der Waals surface area contributed by atoms with Gasteiger partial charge in [-0.2, -0.15) is 0 Å². The number of benzene rings is 2. The molecule has 0 saturated heterocycles. The van der Waals surface area contributed by atoms with Crippen LogP contribution in [0, 0.1) is 0 Å². The van der Waals surface area contributed by atoms with Crippen LogP contribution in [0.15, 0.2) is 58.8 Å². The van der Waals surface area contributed by atoms with E-state index in [0.717, 1.165) is 34.9 Å². The quantitative estimate of drug-likeness (QED) is 0.330. The van der Waals surface area contributed by atoms with Crippen molar-refractivity contribution in [3.8, 4) is 22.8 Å². The summed E-state index contributed by atoms with van der Waals surface area (Å²) in [7, 11) is 1.66. The lowest BCUT2D eigenvalue weighted by molar-refractivity contribution is -0.116. The monoisotopic (exact) mass is 428 g/mol. The Balaban J connectivity index is 1.42. The van der Waals surface area contributed by atoms with E-state index >= 15 is 0 Å². The number of methoxy groups -OCH3 is 1. The maximum atomic E-state index is 12.2. The molecular formula is C22H24N2O3S2. The van der Waals surface area contributed by atoms with Gasteiger partial charge in [-0.15, -0.1) is 23.1 Å². The molecule has 2 aromatic carbocycles. The summed E-state index contributed by atoms with van der Waals surface area (Å²) in [4.78, 5) is 17.9. The van der Waals surface area contributed by atoms with Crippen LogP contribution in [-0.4, -0.2) is 30.4 Å². The molecule has 29 heavy (non-hydrogen) atoms. The van der Waals surface area contributed by atoms with Gasteiger partial charge in [0, 0.05) is 22.3 Å². The molecule has 0 aliphatic heterocycles. The van der Waals surface area contributed by atoms with Crippen LogP contribution >= 0.6 is 23.1 Å². The normalized spacial score (nSPS) is 10.6. The van der Waals surface area contributed by atoms with E-state index in [-0.39, 0.29) is 5.91 Å². The zero-order valence-corrected chi connectivity index (χ0v) is 18.1. The van der Waals surface area contributed by atoms with Crippen LogP contribution in [0.1, 0.15) is 19.8 Å². The second-order valence-corrected chi connectivity index (χ2v) is 8.20. The van der Waals surface area contributed by atoms with E-state index in [2.05, 4.69) is 10.3 Å². The van der Waals surface area contributed by atoms with Crippen molar-refractivity contribution in [2.75, 3.05) is 24.8 Å². The first kappa shape index (κ1) is 21.2. The van der Waals surface area contributed by atoms with Crippen LogP contribution < -0.4 is 14.8 Å². The minimum Gasteiger partial charge on any atom is -0.497 e. The Hall–Kier alpha value is -2.51. The SMILES string of the molecule is CCOc1ccc(-c2csc(NC(=O)CCCSc3ccc(OC)cc3)n2)cc1. The van der Waals surface area contributed by atoms with Crippen LogP contribution in [0.4, 0.5) is 5.13 Å². The molecule has 1 heterocycles. The van der Waals surface area contributed by atoms with Crippen molar-refractivity contribution < 1.29 is 14.3 Å². The number of hydrogen-bond donors (Lipinski definition) is 1. The molecule has 152 valence electrons. The average molecular weight is 429 g/mol. The fraction of sp³-hybridized carbons (Fsp3) is 0.273. The fourth-order valence-corrected chi connectivity index (χ4v) is 4.22. The predicted molar refractivity (Wildman–Crippen MR) is 120 cm³/mol. The van der Waals surface area contributed by atoms with E-state index in [1.807, 2.05) is 60.8 Å². The van der Waals surface area contributed by atoms with Crippen molar-refractivity contribution in [3.63, 3.8) is 0 Å². The number of hydrogen-bond acceptors (Lipinski definition) is 6. The minimum absolute atomic E-state index is 0.00655. The summed E-state index contributed by atoms with van der Waals surface area (Å²) in [5.74, 6) is 2.57. The number of nitrogens with zero attached hydrogens (tertiary/aromatic N) is 1. The lowest BCUT2D eigenvalue weighted by Crippen LogP contribution is -2.11. The number of thioether (sulfide) groups is 1. The zero-order chi connectivity index (χ0) is 20.5. The first-order valence-corrected chi connectivity index (χ1v) is 11.3. The molecule has 5 nitrogen and oxygen atoms in total. The molecule has 3 rings (SSSR count). The summed E-state index contributed by atoms with van der Waals surface area (Å²) in [6.45, 7) is 2.60. The van der Waals surface area contributed by atoms with Gasteiger partial charge in [0.2, 0.25) is 5.91 Å². The average Bonchev–Trinajstić information content (AvgIpc) is 3.21. The lowest BCUT2D eigenvalue weighted by Gasteiger charge is -2.04. The molecule has 3 aromatic rings. The lowest BCUT2D eigenvalue weighted by atomic mass is 10.2. The van der Waals surface area contributed by atoms with Crippen molar-refractivity contribution in [2.45, 2.75) is 24.7 Å². The first-order chi connectivity index (χ1) is 14.2. The molecule has 0 radical (unpaired) electrons. The van der Waals surface area contributed by atoms with Gasteiger partial charge in [0.25, 0.3) is 0 Å². The topological polar surface area (TPSA) is 60.5 Å². The fourth-order valence-electron chi connectivity index (χ4n) is 2.63. The van der Waals surface area contributed by atoms with Crippen LogP contribution in [0.25, 0.3) is 11.3 Å². The summed E-state index contributed by atoms with van der Waals surface area (Å²) in [5.41, 5.74) is 1.85. The molecule has 0 fully saturated rings. The maximum Gasteiger partial charge on any atom is 0.226 e. The number of carbonyl (C=O) groups excluding carboxylic acids is 1. The van der Waals surface area contributed by atoms with E-state index in [1.54, 1.807) is 18.9 Å². The highest BCUT2D eigenvalue weighted by molar-refractivity contribution is 7.99. The van der Waals surface area contributed by atoms with Gasteiger partial charge in [-0.3, -0.25) is 4.79 Å². The van der Waals surface area contributed by atoms with Crippen molar-refractivity contribution in [2.24, 2.45) is 0 Å². The zero-order valence-electron chi connectivity index (χ0n) is 16.5. The van der Waals surface area contributed by atoms with Gasteiger partial charge in [0.05, 0.1) is 19.4 Å². The van der Waals surface area contributed by atoms with E-state index in [0.29, 0.717) is 18.2 Å². The highest BCUT2D eigenvalue weighted by atomic mass is 32.2. The van der Waals surface area contributed by atoms with Crippen LogP contribution in [0.5, 0.6) is 11.5 Å². The molecule has 0 unspecified atom stereocenters.